The molecule has 1 amide bonds. The summed E-state index contributed by atoms with van der Waals surface area (Å²) in [5.74, 6) is 1.20. The maximum absolute atomic E-state index is 14.2. The summed E-state index contributed by atoms with van der Waals surface area (Å²) in [6.07, 6.45) is 5.77. The third-order valence-corrected chi connectivity index (χ3v) is 13.0. The van der Waals surface area contributed by atoms with Gasteiger partial charge in [-0.15, -0.1) is 0 Å². The molecule has 59 heavy (non-hydrogen) atoms. The highest BCUT2D eigenvalue weighted by Gasteiger charge is 2.32. The second kappa shape index (κ2) is 23.5. The summed E-state index contributed by atoms with van der Waals surface area (Å²) in [5.41, 5.74) is 0.270. The van der Waals surface area contributed by atoms with Gasteiger partial charge >= 0.3 is 6.18 Å². The van der Waals surface area contributed by atoms with Crippen molar-refractivity contribution in [2.75, 3.05) is 109 Å². The first kappa shape index (κ1) is 47.4. The molecule has 3 heterocycles. The molecule has 1 aliphatic carbocycles. The van der Waals surface area contributed by atoms with Gasteiger partial charge in [-0.05, 0) is 139 Å². The molecular weight excluding hydrogens is 807 g/mol. The average Bonchev–Trinajstić information content (AvgIpc) is 3.21. The highest BCUT2D eigenvalue weighted by molar-refractivity contribution is 6.35. The molecule has 0 spiro atoms. The smallest absolute Gasteiger partial charge is 0.385 e. The Morgan fingerprint density at radius 2 is 1.32 bits per heavy atom. The zero-order valence-corrected chi connectivity index (χ0v) is 36.4. The summed E-state index contributed by atoms with van der Waals surface area (Å²) in [7, 11) is 1.63. The molecule has 9 nitrogen and oxygen atoms in total. The molecule has 2 aromatic rings. The number of methoxy groups -OCH3 is 1. The van der Waals surface area contributed by atoms with Gasteiger partial charge in [0.25, 0.3) is 0 Å². The second-order valence-electron chi connectivity index (χ2n) is 16.8. The predicted molar refractivity (Wildman–Crippen MR) is 229 cm³/mol. The Bertz CT molecular complexity index is 1610. The molecule has 0 unspecified atom stereocenters. The molecule has 6 rings (SSSR count). The van der Waals surface area contributed by atoms with Crippen molar-refractivity contribution in [1.82, 2.24) is 20.0 Å². The number of hydrogen-bond acceptors (Lipinski definition) is 8. The number of ketones is 1. The molecule has 0 aromatic heterocycles. The van der Waals surface area contributed by atoms with Crippen molar-refractivity contribution in [3.8, 4) is 0 Å². The number of amides is 1. The van der Waals surface area contributed by atoms with Crippen LogP contribution in [0.4, 0.5) is 28.9 Å². The fourth-order valence-corrected chi connectivity index (χ4v) is 9.24. The number of piperazine rings is 2. The molecule has 4 aliphatic rings. The minimum absolute atomic E-state index is 0.0343. The summed E-state index contributed by atoms with van der Waals surface area (Å²) in [6, 6.07) is 8.56. The highest BCUT2D eigenvalue weighted by atomic mass is 35.5. The summed E-state index contributed by atoms with van der Waals surface area (Å²) in [5, 5.41) is 4.65. The third-order valence-electron chi connectivity index (χ3n) is 12.4. The van der Waals surface area contributed by atoms with E-state index < -0.39 is 17.6 Å². The SMILES string of the molecule is CC(=O)CN1CCC(CCN2CCN(c3cc(Cl)ccc3Cl)CC2)CC1.COCCCC(=O)NC1CCC(CCN2CCN(c3cc(C(F)(F)F)ccc3F)CC2)CC1. The van der Waals surface area contributed by atoms with Crippen LogP contribution in [0.3, 0.4) is 0 Å². The minimum Gasteiger partial charge on any atom is -0.385 e. The number of halogens is 6. The summed E-state index contributed by atoms with van der Waals surface area (Å²) >= 11 is 12.5. The van der Waals surface area contributed by atoms with Gasteiger partial charge in [-0.2, -0.15) is 13.2 Å². The number of nitrogens with zero attached hydrogens (tertiary/aromatic N) is 5. The molecule has 1 saturated carbocycles. The van der Waals surface area contributed by atoms with Crippen LogP contribution in [0.5, 0.6) is 0 Å². The van der Waals surface area contributed by atoms with Crippen LogP contribution in [0.1, 0.15) is 76.7 Å². The molecule has 330 valence electrons. The molecule has 2 aromatic carbocycles. The zero-order chi connectivity index (χ0) is 42.4. The van der Waals surface area contributed by atoms with E-state index in [9.17, 15) is 27.2 Å². The molecule has 0 bridgehead atoms. The number of carbonyl (C=O) groups is 2. The number of nitrogens with one attached hydrogen (secondary N) is 1. The average molecular weight is 872 g/mol. The van der Waals surface area contributed by atoms with Crippen LogP contribution in [0, 0.1) is 17.7 Å². The van der Waals surface area contributed by atoms with Crippen molar-refractivity contribution < 1.29 is 31.9 Å². The van der Waals surface area contributed by atoms with Gasteiger partial charge in [-0.3, -0.25) is 24.3 Å². The van der Waals surface area contributed by atoms with Crippen molar-refractivity contribution >= 4 is 46.3 Å². The Morgan fingerprint density at radius 1 is 0.746 bits per heavy atom. The first-order valence-corrected chi connectivity index (χ1v) is 22.3. The quantitative estimate of drug-likeness (QED) is 0.142. The molecule has 3 aliphatic heterocycles. The summed E-state index contributed by atoms with van der Waals surface area (Å²) in [6.45, 7) is 13.8. The number of Topliss-reactive ketones (excluding diaryl/α,β-unsaturated/α-hetero) is 1. The molecule has 0 atom stereocenters. The maximum Gasteiger partial charge on any atom is 0.416 e. The topological polar surface area (TPSA) is 71.6 Å². The molecule has 0 radical (unpaired) electrons. The Balaban J connectivity index is 0.000000230. The van der Waals surface area contributed by atoms with Crippen LogP contribution in [0.15, 0.2) is 36.4 Å². The summed E-state index contributed by atoms with van der Waals surface area (Å²) in [4.78, 5) is 34.4. The van der Waals surface area contributed by atoms with Crippen LogP contribution < -0.4 is 15.1 Å². The lowest BCUT2D eigenvalue weighted by Crippen LogP contribution is -2.47. The maximum atomic E-state index is 14.2. The van der Waals surface area contributed by atoms with Crippen molar-refractivity contribution in [3.63, 3.8) is 0 Å². The first-order valence-electron chi connectivity index (χ1n) is 21.5. The van der Waals surface area contributed by atoms with E-state index >= 15 is 0 Å². The van der Waals surface area contributed by atoms with Crippen molar-refractivity contribution in [2.24, 2.45) is 11.8 Å². The van der Waals surface area contributed by atoms with Gasteiger partial charge in [0.1, 0.15) is 11.6 Å². The van der Waals surface area contributed by atoms with E-state index in [4.69, 9.17) is 27.9 Å². The largest absolute Gasteiger partial charge is 0.416 e. The Hall–Kier alpha value is -2.68. The van der Waals surface area contributed by atoms with Gasteiger partial charge in [-0.25, -0.2) is 4.39 Å². The van der Waals surface area contributed by atoms with E-state index in [0.717, 1.165) is 124 Å². The number of ether oxygens (including phenoxy) is 1. The van der Waals surface area contributed by atoms with E-state index in [2.05, 4.69) is 24.9 Å². The standard InChI is InChI=1S/C24H35F4N3O2.C20H29Cl2N3O/c1-33-16-2-3-23(32)29-20-7-4-18(5-8-20)10-11-30-12-14-31(15-13-30)22-17-19(24(26,27)28)6-9-21(22)25;1-16(26)15-24-8-5-17(6-9-24)4-7-23-10-12-25(13-11-23)20-14-18(21)2-3-19(20)22/h6,9,17-18,20H,2-5,7-8,10-16H2,1H3,(H,29,32);2-3,14,17H,4-13,15H2,1H3. The Labute approximate surface area is 358 Å². The van der Waals surface area contributed by atoms with Crippen molar-refractivity contribution in [2.45, 2.75) is 83.4 Å². The number of carbonyl (C=O) groups excluding carboxylic acids is 2. The number of piperidine rings is 1. The molecule has 1 N–H and O–H groups in total. The van der Waals surface area contributed by atoms with Gasteiger partial charge in [0.15, 0.2) is 0 Å². The van der Waals surface area contributed by atoms with E-state index in [1.165, 1.54) is 25.8 Å². The summed E-state index contributed by atoms with van der Waals surface area (Å²) < 4.78 is 58.1. The van der Waals surface area contributed by atoms with E-state index in [1.54, 1.807) is 18.9 Å². The highest BCUT2D eigenvalue weighted by Crippen LogP contribution is 2.34. The van der Waals surface area contributed by atoms with Crippen molar-refractivity contribution in [3.05, 3.63) is 57.8 Å². The fourth-order valence-electron chi connectivity index (χ4n) is 8.84. The third kappa shape index (κ3) is 15.6. The first-order chi connectivity index (χ1) is 28.3. The lowest BCUT2D eigenvalue weighted by molar-refractivity contribution is -0.137. The second-order valence-corrected chi connectivity index (χ2v) is 17.6. The monoisotopic (exact) mass is 870 g/mol. The Morgan fingerprint density at radius 3 is 1.88 bits per heavy atom. The van der Waals surface area contributed by atoms with E-state index in [1.807, 2.05) is 18.2 Å². The number of rotatable bonds is 15. The zero-order valence-electron chi connectivity index (χ0n) is 34.9. The number of likely N-dealkylation sites (tertiary alicyclic amines) is 1. The molecule has 4 fully saturated rings. The van der Waals surface area contributed by atoms with Crippen LogP contribution in [0.25, 0.3) is 0 Å². The van der Waals surface area contributed by atoms with Gasteiger partial charge < -0.3 is 19.9 Å². The molecule has 3 saturated heterocycles. The van der Waals surface area contributed by atoms with E-state index in [-0.39, 0.29) is 23.4 Å². The fraction of sp³-hybridized carbons (Fsp3) is 0.682. The normalized spacial score (nSPS) is 21.6. The number of benzene rings is 2. The minimum atomic E-state index is -4.48. The van der Waals surface area contributed by atoms with Gasteiger partial charge in [0, 0.05) is 83.6 Å². The van der Waals surface area contributed by atoms with Crippen LogP contribution >= 0.6 is 23.2 Å². The molecular formula is C44H64Cl2F4N6O3. The van der Waals surface area contributed by atoms with E-state index in [0.29, 0.717) is 51.7 Å². The van der Waals surface area contributed by atoms with Crippen molar-refractivity contribution in [1.29, 1.82) is 0 Å². The predicted octanol–water partition coefficient (Wildman–Crippen LogP) is 8.26. The van der Waals surface area contributed by atoms with Gasteiger partial charge in [0.2, 0.25) is 5.91 Å². The van der Waals surface area contributed by atoms with Crippen LogP contribution in [0.2, 0.25) is 10.0 Å². The van der Waals surface area contributed by atoms with Gasteiger partial charge in [-0.1, -0.05) is 23.2 Å². The lowest BCUT2D eigenvalue weighted by atomic mass is 9.84. The lowest BCUT2D eigenvalue weighted by Gasteiger charge is -2.38. The van der Waals surface area contributed by atoms with Crippen LogP contribution in [-0.2, 0) is 20.5 Å². The number of alkyl halides is 3. The molecule has 15 heteroatoms. The number of hydrogen-bond donors (Lipinski definition) is 1. The van der Waals surface area contributed by atoms with Crippen LogP contribution in [-0.4, -0.2) is 131 Å². The number of anilines is 2. The Kier molecular flexibility index (Phi) is 18.9. The van der Waals surface area contributed by atoms with Gasteiger partial charge in [0.05, 0.1) is 28.5 Å².